The van der Waals surface area contributed by atoms with Gasteiger partial charge in [-0.15, -0.1) is 0 Å². The van der Waals surface area contributed by atoms with Gasteiger partial charge in [-0.25, -0.2) is 13.6 Å². The van der Waals surface area contributed by atoms with Crippen LogP contribution in [-0.2, 0) is 27.7 Å². The Morgan fingerprint density at radius 3 is 2.42 bits per heavy atom. The number of carbonyl (C=O) groups is 1. The summed E-state index contributed by atoms with van der Waals surface area (Å²) >= 11 is 11.8. The van der Waals surface area contributed by atoms with Crippen molar-refractivity contribution in [1.29, 1.82) is 0 Å². The molecule has 0 aliphatic carbocycles. The number of benzene rings is 2. The lowest BCUT2D eigenvalue weighted by molar-refractivity contribution is -0.115. The second kappa shape index (κ2) is 7.53. The lowest BCUT2D eigenvalue weighted by Gasteiger charge is -2.10. The molecule has 24 heavy (non-hydrogen) atoms. The summed E-state index contributed by atoms with van der Waals surface area (Å²) in [5.41, 5.74) is 1.65. The molecule has 3 N–H and O–H groups in total. The van der Waals surface area contributed by atoms with Crippen LogP contribution in [0.2, 0.25) is 10.0 Å². The fourth-order valence-electron chi connectivity index (χ4n) is 2.23. The summed E-state index contributed by atoms with van der Waals surface area (Å²) in [7, 11) is -3.86. The molecule has 0 bridgehead atoms. The zero-order valence-electron chi connectivity index (χ0n) is 12.8. The zero-order valence-corrected chi connectivity index (χ0v) is 15.2. The molecular weight excluding hydrogens is 371 g/mol. The molecule has 1 amide bonds. The average molecular weight is 387 g/mol. The van der Waals surface area contributed by atoms with Crippen LogP contribution in [0, 0.1) is 0 Å². The van der Waals surface area contributed by atoms with Crippen LogP contribution in [0.15, 0.2) is 41.3 Å². The molecule has 128 valence electrons. The van der Waals surface area contributed by atoms with E-state index in [9.17, 15) is 13.2 Å². The SMILES string of the molecule is CCc1ccc(NC(=O)Cc2ccc(Cl)c(Cl)c2)cc1S(N)(=O)=O. The molecule has 0 atom stereocenters. The van der Waals surface area contributed by atoms with Crippen LogP contribution in [0.4, 0.5) is 5.69 Å². The largest absolute Gasteiger partial charge is 0.326 e. The van der Waals surface area contributed by atoms with Crippen LogP contribution < -0.4 is 10.5 Å². The maximum Gasteiger partial charge on any atom is 0.238 e. The molecule has 0 aliphatic rings. The number of halogens is 2. The first-order valence-corrected chi connectivity index (χ1v) is 9.40. The predicted octanol–water partition coefficient (Wildman–Crippen LogP) is 3.38. The van der Waals surface area contributed by atoms with E-state index in [1.165, 1.54) is 6.07 Å². The molecule has 0 saturated carbocycles. The molecule has 0 fully saturated rings. The number of amides is 1. The van der Waals surface area contributed by atoms with E-state index in [-0.39, 0.29) is 17.2 Å². The fraction of sp³-hybridized carbons (Fsp3) is 0.188. The van der Waals surface area contributed by atoms with E-state index in [0.29, 0.717) is 33.3 Å². The summed E-state index contributed by atoms with van der Waals surface area (Å²) in [5.74, 6) is -0.307. The number of anilines is 1. The van der Waals surface area contributed by atoms with Crippen LogP contribution in [0.3, 0.4) is 0 Å². The Morgan fingerprint density at radius 2 is 1.83 bits per heavy atom. The van der Waals surface area contributed by atoms with E-state index >= 15 is 0 Å². The number of hydrogen-bond donors (Lipinski definition) is 2. The molecule has 0 saturated heterocycles. The second-order valence-electron chi connectivity index (χ2n) is 5.19. The zero-order chi connectivity index (χ0) is 17.9. The molecule has 0 spiro atoms. The first kappa shape index (κ1) is 18.7. The maximum atomic E-state index is 12.1. The van der Waals surface area contributed by atoms with Crippen molar-refractivity contribution in [3.8, 4) is 0 Å². The van der Waals surface area contributed by atoms with Crippen LogP contribution in [0.5, 0.6) is 0 Å². The lowest BCUT2D eigenvalue weighted by Crippen LogP contribution is -2.17. The van der Waals surface area contributed by atoms with Crippen molar-refractivity contribution in [3.63, 3.8) is 0 Å². The monoisotopic (exact) mass is 386 g/mol. The highest BCUT2D eigenvalue weighted by atomic mass is 35.5. The van der Waals surface area contributed by atoms with Crippen LogP contribution in [-0.4, -0.2) is 14.3 Å². The molecule has 8 heteroatoms. The van der Waals surface area contributed by atoms with Gasteiger partial charge in [-0.1, -0.05) is 42.3 Å². The molecule has 2 rings (SSSR count). The molecule has 0 aliphatic heterocycles. The molecule has 0 aromatic heterocycles. The van der Waals surface area contributed by atoms with Crippen molar-refractivity contribution in [3.05, 3.63) is 57.6 Å². The minimum absolute atomic E-state index is 0.0114. The predicted molar refractivity (Wildman–Crippen MR) is 96.0 cm³/mol. The van der Waals surface area contributed by atoms with Crippen molar-refractivity contribution in [2.75, 3.05) is 5.32 Å². The van der Waals surface area contributed by atoms with E-state index in [1.54, 1.807) is 30.3 Å². The topological polar surface area (TPSA) is 89.3 Å². The number of hydrogen-bond acceptors (Lipinski definition) is 3. The van der Waals surface area contributed by atoms with Crippen molar-refractivity contribution in [1.82, 2.24) is 0 Å². The van der Waals surface area contributed by atoms with Crippen molar-refractivity contribution < 1.29 is 13.2 Å². The highest BCUT2D eigenvalue weighted by molar-refractivity contribution is 7.89. The number of aryl methyl sites for hydroxylation is 1. The Kier molecular flexibility index (Phi) is 5.87. The first-order valence-electron chi connectivity index (χ1n) is 7.10. The summed E-state index contributed by atoms with van der Waals surface area (Å²) < 4.78 is 23.3. The van der Waals surface area contributed by atoms with E-state index in [4.69, 9.17) is 28.3 Å². The van der Waals surface area contributed by atoms with Gasteiger partial charge in [0.15, 0.2) is 0 Å². The van der Waals surface area contributed by atoms with Crippen molar-refractivity contribution >= 4 is 44.8 Å². The number of rotatable bonds is 5. The van der Waals surface area contributed by atoms with Gasteiger partial charge in [-0.2, -0.15) is 0 Å². The Balaban J connectivity index is 2.18. The third-order valence-electron chi connectivity index (χ3n) is 3.39. The quantitative estimate of drug-likeness (QED) is 0.824. The molecule has 0 heterocycles. The number of nitrogens with two attached hydrogens (primary N) is 1. The molecule has 2 aromatic rings. The third kappa shape index (κ3) is 4.70. The number of sulfonamides is 1. The maximum absolute atomic E-state index is 12.1. The fourth-order valence-corrected chi connectivity index (χ4v) is 3.42. The van der Waals surface area contributed by atoms with Gasteiger partial charge in [0.25, 0.3) is 0 Å². The Morgan fingerprint density at radius 1 is 1.12 bits per heavy atom. The Hall–Kier alpha value is -1.60. The number of nitrogens with one attached hydrogen (secondary N) is 1. The highest BCUT2D eigenvalue weighted by Gasteiger charge is 2.15. The summed E-state index contributed by atoms with van der Waals surface area (Å²) in [4.78, 5) is 12.1. The van der Waals surface area contributed by atoms with Gasteiger partial charge in [0.2, 0.25) is 15.9 Å². The first-order chi connectivity index (χ1) is 11.2. The Labute approximate surface area is 150 Å². The van der Waals surface area contributed by atoms with Crippen LogP contribution in [0.25, 0.3) is 0 Å². The van der Waals surface area contributed by atoms with E-state index in [0.717, 1.165) is 0 Å². The minimum atomic E-state index is -3.86. The molecular formula is C16H16Cl2N2O3S. The summed E-state index contributed by atoms with van der Waals surface area (Å²) in [6, 6.07) is 9.56. The molecule has 0 unspecified atom stereocenters. The molecule has 5 nitrogen and oxygen atoms in total. The number of carbonyl (C=O) groups excluding carboxylic acids is 1. The summed E-state index contributed by atoms with van der Waals surface area (Å²) in [6.07, 6.45) is 0.598. The van der Waals surface area contributed by atoms with Gasteiger partial charge in [-0.3, -0.25) is 4.79 Å². The van der Waals surface area contributed by atoms with Crippen molar-refractivity contribution in [2.45, 2.75) is 24.7 Å². The smallest absolute Gasteiger partial charge is 0.238 e. The van der Waals surface area contributed by atoms with E-state index in [1.807, 2.05) is 6.92 Å². The standard InChI is InChI=1S/C16H16Cl2N2O3S/c1-2-11-4-5-12(9-15(11)24(19,22)23)20-16(21)8-10-3-6-13(17)14(18)7-10/h3-7,9H,2,8H2,1H3,(H,20,21)(H2,19,22,23). The van der Waals surface area contributed by atoms with Crippen LogP contribution in [0.1, 0.15) is 18.1 Å². The minimum Gasteiger partial charge on any atom is -0.326 e. The lowest BCUT2D eigenvalue weighted by atomic mass is 10.1. The van der Waals surface area contributed by atoms with Gasteiger partial charge < -0.3 is 5.32 Å². The second-order valence-corrected chi connectivity index (χ2v) is 7.54. The van der Waals surface area contributed by atoms with Gasteiger partial charge in [0.1, 0.15) is 0 Å². The van der Waals surface area contributed by atoms with Gasteiger partial charge in [0.05, 0.1) is 21.4 Å². The number of primary sulfonamides is 1. The summed E-state index contributed by atoms with van der Waals surface area (Å²) in [6.45, 7) is 1.83. The molecule has 2 aromatic carbocycles. The van der Waals surface area contributed by atoms with Gasteiger partial charge in [-0.05, 0) is 41.8 Å². The van der Waals surface area contributed by atoms with Gasteiger partial charge >= 0.3 is 0 Å². The highest BCUT2D eigenvalue weighted by Crippen LogP contribution is 2.23. The summed E-state index contributed by atoms with van der Waals surface area (Å²) in [5, 5.41) is 8.65. The van der Waals surface area contributed by atoms with E-state index in [2.05, 4.69) is 5.32 Å². The van der Waals surface area contributed by atoms with Crippen molar-refractivity contribution in [2.24, 2.45) is 5.14 Å². The normalized spacial score (nSPS) is 11.3. The van der Waals surface area contributed by atoms with Gasteiger partial charge in [0, 0.05) is 5.69 Å². The Bertz CT molecular complexity index is 883. The van der Waals surface area contributed by atoms with Crippen LogP contribution >= 0.6 is 23.2 Å². The average Bonchev–Trinajstić information content (AvgIpc) is 2.50. The van der Waals surface area contributed by atoms with E-state index < -0.39 is 10.0 Å². The third-order valence-corrected chi connectivity index (χ3v) is 5.12. The molecule has 0 radical (unpaired) electrons.